The Bertz CT molecular complexity index is 865. The minimum absolute atomic E-state index is 0.148. The van der Waals surface area contributed by atoms with Gasteiger partial charge >= 0.3 is 0 Å². The summed E-state index contributed by atoms with van der Waals surface area (Å²) in [4.78, 5) is 22.3. The van der Waals surface area contributed by atoms with Crippen molar-refractivity contribution >= 4 is 27.3 Å². The van der Waals surface area contributed by atoms with Crippen LogP contribution in [0.2, 0.25) is 0 Å². The van der Waals surface area contributed by atoms with E-state index in [9.17, 15) is 13.2 Å². The van der Waals surface area contributed by atoms with Gasteiger partial charge in [-0.2, -0.15) is 4.31 Å². The molecule has 2 aliphatic heterocycles. The van der Waals surface area contributed by atoms with Crippen LogP contribution in [0.4, 0.5) is 0 Å². The molecule has 0 atom stereocenters. The van der Waals surface area contributed by atoms with Crippen molar-refractivity contribution in [2.75, 3.05) is 19.6 Å². The number of hydrogen-bond acceptors (Lipinski definition) is 5. The van der Waals surface area contributed by atoms with Gasteiger partial charge in [0.1, 0.15) is 9.77 Å². The number of imidazole rings is 1. The SMILES string of the molecule is O=C(c1sccc1S(=O)(=O)N1CCCC1)N1CCc2nc[nH]c2C1. The molecule has 24 heavy (non-hydrogen) atoms. The lowest BCUT2D eigenvalue weighted by atomic mass is 10.1. The molecule has 2 aromatic heterocycles. The molecule has 7 nitrogen and oxygen atoms in total. The molecule has 4 rings (SSSR count). The highest BCUT2D eigenvalue weighted by molar-refractivity contribution is 7.89. The monoisotopic (exact) mass is 366 g/mol. The molecule has 0 bridgehead atoms. The van der Waals surface area contributed by atoms with Crippen LogP contribution in [-0.2, 0) is 23.0 Å². The van der Waals surface area contributed by atoms with E-state index in [0.29, 0.717) is 37.5 Å². The zero-order valence-electron chi connectivity index (χ0n) is 13.1. The molecule has 0 saturated carbocycles. The Hall–Kier alpha value is -1.71. The topological polar surface area (TPSA) is 86.4 Å². The minimum atomic E-state index is -3.58. The van der Waals surface area contributed by atoms with Crippen LogP contribution in [0.1, 0.15) is 33.9 Å². The van der Waals surface area contributed by atoms with Crippen molar-refractivity contribution < 1.29 is 13.2 Å². The number of nitrogens with zero attached hydrogens (tertiary/aromatic N) is 3. The van der Waals surface area contributed by atoms with Gasteiger partial charge in [-0.15, -0.1) is 11.3 Å². The predicted octanol–water partition coefficient (Wildman–Crippen LogP) is 1.45. The van der Waals surface area contributed by atoms with Crippen molar-refractivity contribution in [3.05, 3.63) is 34.0 Å². The second-order valence-electron chi connectivity index (χ2n) is 6.03. The highest BCUT2D eigenvalue weighted by Crippen LogP contribution is 2.29. The molecule has 0 aliphatic carbocycles. The van der Waals surface area contributed by atoms with Crippen molar-refractivity contribution in [3.63, 3.8) is 0 Å². The number of amides is 1. The molecule has 0 aromatic carbocycles. The van der Waals surface area contributed by atoms with Crippen molar-refractivity contribution in [2.45, 2.75) is 30.7 Å². The number of H-pyrrole nitrogens is 1. The van der Waals surface area contributed by atoms with Gasteiger partial charge in [0.15, 0.2) is 0 Å². The number of carbonyl (C=O) groups excluding carboxylic acids is 1. The molecule has 9 heteroatoms. The maximum atomic E-state index is 12.9. The Morgan fingerprint density at radius 1 is 1.25 bits per heavy atom. The van der Waals surface area contributed by atoms with Gasteiger partial charge in [-0.05, 0) is 24.3 Å². The van der Waals surface area contributed by atoms with Crippen LogP contribution in [0.25, 0.3) is 0 Å². The van der Waals surface area contributed by atoms with Gasteiger partial charge in [0.05, 0.1) is 24.3 Å². The molecule has 1 amide bonds. The quantitative estimate of drug-likeness (QED) is 0.891. The van der Waals surface area contributed by atoms with Gasteiger partial charge in [-0.3, -0.25) is 4.79 Å². The summed E-state index contributed by atoms with van der Waals surface area (Å²) in [7, 11) is -3.58. The van der Waals surface area contributed by atoms with Crippen LogP contribution in [0, 0.1) is 0 Å². The number of rotatable bonds is 3. The van der Waals surface area contributed by atoms with Gasteiger partial charge in [0.2, 0.25) is 10.0 Å². The predicted molar refractivity (Wildman–Crippen MR) is 89.3 cm³/mol. The summed E-state index contributed by atoms with van der Waals surface area (Å²) in [5.41, 5.74) is 1.91. The summed E-state index contributed by atoms with van der Waals surface area (Å²) in [6, 6.07) is 1.55. The van der Waals surface area contributed by atoms with Crippen molar-refractivity contribution in [3.8, 4) is 0 Å². The highest BCUT2D eigenvalue weighted by atomic mass is 32.2. The zero-order valence-corrected chi connectivity index (χ0v) is 14.7. The van der Waals surface area contributed by atoms with Crippen molar-refractivity contribution in [1.82, 2.24) is 19.2 Å². The van der Waals surface area contributed by atoms with E-state index in [-0.39, 0.29) is 10.8 Å². The fraction of sp³-hybridized carbons (Fsp3) is 0.467. The van der Waals surface area contributed by atoms with Crippen LogP contribution in [0.15, 0.2) is 22.7 Å². The first-order chi connectivity index (χ1) is 11.6. The minimum Gasteiger partial charge on any atom is -0.347 e. The lowest BCUT2D eigenvalue weighted by Crippen LogP contribution is -2.37. The first-order valence-electron chi connectivity index (χ1n) is 7.95. The molecule has 2 aromatic rings. The molecule has 2 aliphatic rings. The molecular formula is C15H18N4O3S2. The van der Waals surface area contributed by atoms with Gasteiger partial charge < -0.3 is 9.88 Å². The standard InChI is InChI=1S/C15H18N4O3S2/c20-15(18-7-3-11-12(9-18)17-10-16-11)14-13(4-8-23-14)24(21,22)19-5-1-2-6-19/h4,8,10H,1-3,5-7,9H2,(H,16,17). The van der Waals surface area contributed by atoms with Gasteiger partial charge in [0, 0.05) is 26.1 Å². The second kappa shape index (κ2) is 5.98. The zero-order chi connectivity index (χ0) is 16.7. The molecule has 128 valence electrons. The molecule has 0 spiro atoms. The Kier molecular flexibility index (Phi) is 3.93. The molecule has 0 radical (unpaired) electrons. The van der Waals surface area contributed by atoms with E-state index in [2.05, 4.69) is 9.97 Å². The van der Waals surface area contributed by atoms with Gasteiger partial charge in [-0.25, -0.2) is 13.4 Å². The van der Waals surface area contributed by atoms with Crippen molar-refractivity contribution in [2.24, 2.45) is 0 Å². The van der Waals surface area contributed by atoms with E-state index < -0.39 is 10.0 Å². The maximum absolute atomic E-state index is 12.9. The fourth-order valence-electron chi connectivity index (χ4n) is 3.25. The first kappa shape index (κ1) is 15.8. The van der Waals surface area contributed by atoms with E-state index in [1.54, 1.807) is 22.7 Å². The molecule has 1 saturated heterocycles. The van der Waals surface area contributed by atoms with Crippen LogP contribution in [-0.4, -0.2) is 53.1 Å². The average molecular weight is 366 g/mol. The average Bonchev–Trinajstić information content (AvgIpc) is 3.34. The fourth-order valence-corrected chi connectivity index (χ4v) is 6.13. The van der Waals surface area contributed by atoms with Crippen LogP contribution in [0.5, 0.6) is 0 Å². The number of carbonyl (C=O) groups is 1. The molecule has 4 heterocycles. The number of aromatic amines is 1. The lowest BCUT2D eigenvalue weighted by molar-refractivity contribution is 0.0733. The molecule has 1 fully saturated rings. The molecule has 1 N–H and O–H groups in total. The third-order valence-electron chi connectivity index (χ3n) is 4.57. The highest BCUT2D eigenvalue weighted by Gasteiger charge is 2.34. The van der Waals surface area contributed by atoms with E-state index in [0.717, 1.165) is 24.2 Å². The summed E-state index contributed by atoms with van der Waals surface area (Å²) in [5, 5.41) is 1.68. The third kappa shape index (κ3) is 2.56. The Morgan fingerprint density at radius 3 is 2.83 bits per heavy atom. The van der Waals surface area contributed by atoms with Crippen molar-refractivity contribution in [1.29, 1.82) is 0 Å². The number of thiophene rings is 1. The number of nitrogens with one attached hydrogen (secondary N) is 1. The van der Waals surface area contributed by atoms with E-state index >= 15 is 0 Å². The third-order valence-corrected chi connectivity index (χ3v) is 7.54. The number of sulfonamides is 1. The summed E-state index contributed by atoms with van der Waals surface area (Å²) in [6.07, 6.45) is 4.07. The first-order valence-corrected chi connectivity index (χ1v) is 10.3. The Labute approximate surface area is 144 Å². The molecule has 0 unspecified atom stereocenters. The number of aromatic nitrogens is 2. The smallest absolute Gasteiger partial charge is 0.265 e. The summed E-state index contributed by atoms with van der Waals surface area (Å²) < 4.78 is 27.1. The van der Waals surface area contributed by atoms with Crippen LogP contribution < -0.4 is 0 Å². The van der Waals surface area contributed by atoms with Gasteiger partial charge in [-0.1, -0.05) is 0 Å². The van der Waals surface area contributed by atoms with Crippen LogP contribution >= 0.6 is 11.3 Å². The Balaban J connectivity index is 1.62. The summed E-state index contributed by atoms with van der Waals surface area (Å²) in [6.45, 7) is 2.06. The lowest BCUT2D eigenvalue weighted by Gasteiger charge is -2.26. The number of fused-ring (bicyclic) bond motifs is 1. The summed E-state index contributed by atoms with van der Waals surface area (Å²) in [5.74, 6) is -0.219. The normalized spacial score (nSPS) is 18.8. The van der Waals surface area contributed by atoms with E-state index in [4.69, 9.17) is 0 Å². The Morgan fingerprint density at radius 2 is 2.04 bits per heavy atom. The van der Waals surface area contributed by atoms with Gasteiger partial charge in [0.25, 0.3) is 5.91 Å². The van der Waals surface area contributed by atoms with E-state index in [1.807, 2.05) is 0 Å². The van der Waals surface area contributed by atoms with Crippen LogP contribution in [0.3, 0.4) is 0 Å². The van der Waals surface area contributed by atoms with E-state index in [1.165, 1.54) is 15.6 Å². The maximum Gasteiger partial charge on any atom is 0.265 e. The number of hydrogen-bond donors (Lipinski definition) is 1. The molecular weight excluding hydrogens is 348 g/mol. The largest absolute Gasteiger partial charge is 0.347 e. The second-order valence-corrected chi connectivity index (χ2v) is 8.85. The summed E-state index contributed by atoms with van der Waals surface area (Å²) >= 11 is 1.20.